The van der Waals surface area contributed by atoms with Gasteiger partial charge < -0.3 is 19.9 Å². The Kier molecular flexibility index (Phi) is 7.03. The number of carbonyl (C=O) groups is 1. The zero-order chi connectivity index (χ0) is 26.1. The second-order valence-corrected chi connectivity index (χ2v) is 11.2. The fourth-order valence-corrected chi connectivity index (χ4v) is 5.49. The SMILES string of the molecule is CCC(C)n1cc(C(=O)NC2CCOCC2)c2cnc(Nc3ccnc(-c4cnn(SC5CC5)c4)n3)cc21. The van der Waals surface area contributed by atoms with E-state index in [0.717, 1.165) is 35.7 Å². The third kappa shape index (κ3) is 5.39. The first-order valence-corrected chi connectivity index (χ1v) is 14.1. The van der Waals surface area contributed by atoms with E-state index in [0.29, 0.717) is 41.5 Å². The molecule has 4 aromatic rings. The van der Waals surface area contributed by atoms with Crippen molar-refractivity contribution in [3.05, 3.63) is 48.7 Å². The highest BCUT2D eigenvalue weighted by molar-refractivity contribution is 7.98. The van der Waals surface area contributed by atoms with Crippen molar-refractivity contribution in [1.29, 1.82) is 0 Å². The number of pyridine rings is 1. The molecule has 5 heterocycles. The van der Waals surface area contributed by atoms with Crippen LogP contribution in [0.15, 0.2) is 43.1 Å². The lowest BCUT2D eigenvalue weighted by Gasteiger charge is -2.22. The molecule has 10 nitrogen and oxygen atoms in total. The van der Waals surface area contributed by atoms with Gasteiger partial charge in [0.15, 0.2) is 5.82 Å². The van der Waals surface area contributed by atoms with Crippen LogP contribution < -0.4 is 10.6 Å². The average molecular weight is 533 g/mol. The van der Waals surface area contributed by atoms with E-state index in [2.05, 4.69) is 44.1 Å². The van der Waals surface area contributed by atoms with Gasteiger partial charge in [-0.05, 0) is 57.0 Å². The van der Waals surface area contributed by atoms with Crippen LogP contribution >= 0.6 is 11.9 Å². The van der Waals surface area contributed by atoms with E-state index in [9.17, 15) is 4.79 Å². The Hall–Kier alpha value is -3.44. The molecule has 11 heteroatoms. The van der Waals surface area contributed by atoms with Crippen LogP contribution in [0.4, 0.5) is 11.6 Å². The summed E-state index contributed by atoms with van der Waals surface area (Å²) in [5, 5.41) is 12.4. The average Bonchev–Trinajstić information content (AvgIpc) is 3.49. The van der Waals surface area contributed by atoms with E-state index in [1.165, 1.54) is 12.8 Å². The summed E-state index contributed by atoms with van der Waals surface area (Å²) >= 11 is 1.74. The van der Waals surface area contributed by atoms with Crippen molar-refractivity contribution in [3.8, 4) is 11.4 Å². The van der Waals surface area contributed by atoms with Crippen molar-refractivity contribution in [1.82, 2.24) is 34.0 Å². The Balaban J connectivity index is 1.25. The van der Waals surface area contributed by atoms with Gasteiger partial charge >= 0.3 is 0 Å². The van der Waals surface area contributed by atoms with Gasteiger partial charge in [-0.2, -0.15) is 5.10 Å². The van der Waals surface area contributed by atoms with Gasteiger partial charge in [0.1, 0.15) is 11.6 Å². The topological polar surface area (TPSA) is 112 Å². The molecule has 0 radical (unpaired) electrons. The minimum absolute atomic E-state index is 0.0627. The molecule has 1 amide bonds. The smallest absolute Gasteiger partial charge is 0.253 e. The van der Waals surface area contributed by atoms with Crippen LogP contribution in [0.5, 0.6) is 0 Å². The van der Waals surface area contributed by atoms with Crippen LogP contribution in [0.2, 0.25) is 0 Å². The van der Waals surface area contributed by atoms with E-state index >= 15 is 0 Å². The minimum Gasteiger partial charge on any atom is -0.381 e. The van der Waals surface area contributed by atoms with E-state index in [1.807, 2.05) is 28.6 Å². The summed E-state index contributed by atoms with van der Waals surface area (Å²) in [7, 11) is 0. The van der Waals surface area contributed by atoms with E-state index < -0.39 is 0 Å². The Morgan fingerprint density at radius 2 is 2.00 bits per heavy atom. The van der Waals surface area contributed by atoms with Crippen LogP contribution in [-0.2, 0) is 4.74 Å². The quantitative estimate of drug-likeness (QED) is 0.311. The Morgan fingerprint density at radius 1 is 1.16 bits per heavy atom. The van der Waals surface area contributed by atoms with Gasteiger partial charge in [0.25, 0.3) is 5.91 Å². The molecule has 1 aliphatic heterocycles. The number of carbonyl (C=O) groups excluding carboxylic acids is 1. The molecule has 4 aromatic heterocycles. The summed E-state index contributed by atoms with van der Waals surface area (Å²) in [5.74, 6) is 1.84. The van der Waals surface area contributed by atoms with E-state index in [4.69, 9.17) is 9.72 Å². The molecule has 0 aromatic carbocycles. The van der Waals surface area contributed by atoms with Crippen LogP contribution in [-0.4, -0.2) is 59.1 Å². The van der Waals surface area contributed by atoms with Crippen molar-refractivity contribution in [2.24, 2.45) is 0 Å². The van der Waals surface area contributed by atoms with Crippen LogP contribution in [0.1, 0.15) is 62.4 Å². The van der Waals surface area contributed by atoms with Crippen LogP contribution in [0.25, 0.3) is 22.3 Å². The van der Waals surface area contributed by atoms with Crippen molar-refractivity contribution in [2.75, 3.05) is 18.5 Å². The Morgan fingerprint density at radius 3 is 2.79 bits per heavy atom. The van der Waals surface area contributed by atoms with Crippen LogP contribution in [0.3, 0.4) is 0 Å². The van der Waals surface area contributed by atoms with Gasteiger partial charge in [0.2, 0.25) is 0 Å². The van der Waals surface area contributed by atoms with Gasteiger partial charge in [-0.25, -0.2) is 19.0 Å². The summed E-state index contributed by atoms with van der Waals surface area (Å²) in [6.45, 7) is 5.67. The number of aromatic nitrogens is 6. The lowest BCUT2D eigenvalue weighted by atomic mass is 10.1. The molecule has 1 saturated heterocycles. The first kappa shape index (κ1) is 24.9. The van der Waals surface area contributed by atoms with Crippen molar-refractivity contribution in [3.63, 3.8) is 0 Å². The number of ether oxygens (including phenoxy) is 1. The Bertz CT molecular complexity index is 1440. The van der Waals surface area contributed by atoms with Gasteiger partial charge in [-0.3, -0.25) is 4.79 Å². The van der Waals surface area contributed by atoms with Crippen molar-refractivity contribution in [2.45, 2.75) is 63.3 Å². The molecule has 1 aliphatic carbocycles. The molecular weight excluding hydrogens is 500 g/mol. The maximum Gasteiger partial charge on any atom is 0.253 e. The molecule has 1 unspecified atom stereocenters. The molecule has 38 heavy (non-hydrogen) atoms. The molecule has 2 N–H and O–H groups in total. The third-order valence-corrected chi connectivity index (χ3v) is 8.28. The summed E-state index contributed by atoms with van der Waals surface area (Å²) in [6, 6.07) is 4.17. The highest BCUT2D eigenvalue weighted by Gasteiger charge is 2.24. The fourth-order valence-electron chi connectivity index (χ4n) is 4.56. The minimum atomic E-state index is -0.0627. The number of hydrogen-bond acceptors (Lipinski definition) is 8. The van der Waals surface area contributed by atoms with Crippen molar-refractivity contribution >= 4 is 40.4 Å². The second kappa shape index (κ2) is 10.7. The van der Waals surface area contributed by atoms with E-state index in [-0.39, 0.29) is 18.0 Å². The van der Waals surface area contributed by atoms with E-state index in [1.54, 1.807) is 30.5 Å². The van der Waals surface area contributed by atoms with Gasteiger partial charge in [-0.1, -0.05) is 6.92 Å². The highest BCUT2D eigenvalue weighted by Crippen LogP contribution is 2.35. The summed E-state index contributed by atoms with van der Waals surface area (Å²) < 4.78 is 9.49. The predicted molar refractivity (Wildman–Crippen MR) is 149 cm³/mol. The molecule has 6 rings (SSSR count). The summed E-state index contributed by atoms with van der Waals surface area (Å²) in [4.78, 5) is 27.0. The molecule has 2 fully saturated rings. The number of amides is 1. The van der Waals surface area contributed by atoms with Gasteiger partial charge in [0, 0.05) is 66.8 Å². The lowest BCUT2D eigenvalue weighted by molar-refractivity contribution is 0.0697. The molecular formula is C27H32N8O2S. The standard InChI is InChI=1S/C27H32N8O2S/c1-3-17(2)34-16-22(27(36)31-19-7-10-37-11-8-19)21-14-29-25(12-23(21)34)32-24-6-9-28-26(33-24)18-13-30-35(15-18)38-20-4-5-20/h6,9,12-17,19-20H,3-5,7-8,10-11H2,1-2H3,(H,31,36)(H,28,29,32,33). The monoisotopic (exact) mass is 532 g/mol. The second-order valence-electron chi connectivity index (χ2n) is 9.98. The molecule has 0 spiro atoms. The first-order valence-electron chi connectivity index (χ1n) is 13.3. The number of nitrogens with one attached hydrogen (secondary N) is 2. The van der Waals surface area contributed by atoms with Crippen LogP contribution in [0, 0.1) is 0 Å². The molecule has 1 atom stereocenters. The first-order chi connectivity index (χ1) is 18.6. The fraction of sp³-hybridized carbons (Fsp3) is 0.444. The number of fused-ring (bicyclic) bond motifs is 1. The van der Waals surface area contributed by atoms with Gasteiger partial charge in [0.05, 0.1) is 22.8 Å². The molecule has 198 valence electrons. The maximum absolute atomic E-state index is 13.2. The number of rotatable bonds is 9. The third-order valence-electron chi connectivity index (χ3n) is 7.10. The zero-order valence-electron chi connectivity index (χ0n) is 21.6. The molecule has 1 saturated carbocycles. The zero-order valence-corrected chi connectivity index (χ0v) is 22.4. The van der Waals surface area contributed by atoms with Crippen molar-refractivity contribution < 1.29 is 9.53 Å². The number of anilines is 2. The maximum atomic E-state index is 13.2. The predicted octanol–water partition coefficient (Wildman–Crippen LogP) is 4.97. The summed E-state index contributed by atoms with van der Waals surface area (Å²) in [6.07, 6.45) is 14.3. The number of nitrogens with zero attached hydrogens (tertiary/aromatic N) is 6. The normalized spacial score (nSPS) is 17.0. The highest BCUT2D eigenvalue weighted by atomic mass is 32.2. The molecule has 2 aliphatic rings. The number of hydrogen-bond donors (Lipinski definition) is 2. The Labute approximate surface area is 225 Å². The summed E-state index contributed by atoms with van der Waals surface area (Å²) in [5.41, 5.74) is 2.48. The van der Waals surface area contributed by atoms with Gasteiger partial charge in [-0.15, -0.1) is 0 Å². The largest absolute Gasteiger partial charge is 0.381 e. The lowest BCUT2D eigenvalue weighted by Crippen LogP contribution is -2.38. The molecule has 0 bridgehead atoms.